The molecule has 7 nitrogen and oxygen atoms in total. The van der Waals surface area contributed by atoms with E-state index in [0.717, 1.165) is 31.7 Å². The van der Waals surface area contributed by atoms with Gasteiger partial charge in [-0.05, 0) is 43.4 Å². The van der Waals surface area contributed by atoms with E-state index < -0.39 is 0 Å². The molecule has 0 aliphatic carbocycles. The maximum Gasteiger partial charge on any atom is 0.235 e. The first kappa shape index (κ1) is 21.5. The number of carbonyl (C=O) groups is 1. The number of carbonyl (C=O) groups excluding carboxylic acids is 1. The van der Waals surface area contributed by atoms with E-state index in [1.165, 1.54) is 34.8 Å². The van der Waals surface area contributed by atoms with Gasteiger partial charge in [0.05, 0.1) is 5.25 Å². The maximum atomic E-state index is 12.7. The number of hydrogen-bond donors (Lipinski definition) is 1. The van der Waals surface area contributed by atoms with Crippen LogP contribution in [0.4, 0.5) is 0 Å². The summed E-state index contributed by atoms with van der Waals surface area (Å²) in [6, 6.07) is 8.02. The first-order chi connectivity index (χ1) is 14.0. The topological polar surface area (TPSA) is 86.3 Å². The van der Waals surface area contributed by atoms with Crippen LogP contribution < -0.4 is 10.6 Å². The minimum Gasteiger partial charge on any atom is -0.486 e. The Bertz CT molecular complexity index is 798. The highest BCUT2D eigenvalue weighted by atomic mass is 32.2. The highest BCUT2D eigenvalue weighted by Crippen LogP contribution is 2.24. The number of likely N-dealkylation sites (tertiary alicyclic amines) is 1. The molecule has 0 unspecified atom stereocenters. The molecular weight excluding hydrogens is 386 g/mol. The first-order valence-corrected chi connectivity index (χ1v) is 11.2. The van der Waals surface area contributed by atoms with Gasteiger partial charge in [0.15, 0.2) is 5.82 Å². The minimum atomic E-state index is -0.253. The quantitative estimate of drug-likeness (QED) is 0.547. The Labute approximate surface area is 177 Å². The van der Waals surface area contributed by atoms with Crippen LogP contribution in [0, 0.1) is 0 Å². The van der Waals surface area contributed by atoms with E-state index >= 15 is 0 Å². The summed E-state index contributed by atoms with van der Waals surface area (Å²) in [7, 11) is 0. The second-order valence-corrected chi connectivity index (χ2v) is 9.09. The van der Waals surface area contributed by atoms with E-state index in [1.54, 1.807) is 0 Å². The van der Waals surface area contributed by atoms with Crippen LogP contribution in [0.15, 0.2) is 29.4 Å². The van der Waals surface area contributed by atoms with Gasteiger partial charge in [-0.25, -0.2) is 4.68 Å². The monoisotopic (exact) mass is 417 g/mol. The summed E-state index contributed by atoms with van der Waals surface area (Å²) < 4.78 is 7.21. The number of aromatic nitrogens is 3. The molecule has 1 amide bonds. The van der Waals surface area contributed by atoms with E-state index in [2.05, 4.69) is 36.2 Å². The van der Waals surface area contributed by atoms with Gasteiger partial charge in [0.1, 0.15) is 12.4 Å². The Morgan fingerprint density at radius 3 is 2.38 bits per heavy atom. The number of amides is 1. The van der Waals surface area contributed by atoms with Crippen molar-refractivity contribution in [2.75, 3.05) is 18.9 Å². The Balaban J connectivity index is 1.56. The molecule has 1 fully saturated rings. The van der Waals surface area contributed by atoms with E-state index in [0.29, 0.717) is 16.9 Å². The Hall–Kier alpha value is -2.22. The van der Waals surface area contributed by atoms with Crippen LogP contribution in [0.25, 0.3) is 0 Å². The lowest BCUT2D eigenvalue weighted by Crippen LogP contribution is -2.37. The summed E-state index contributed by atoms with van der Waals surface area (Å²) in [5.74, 6) is 8.06. The van der Waals surface area contributed by atoms with Crippen molar-refractivity contribution in [3.05, 3.63) is 35.7 Å². The van der Waals surface area contributed by atoms with Crippen LogP contribution in [-0.2, 0) is 11.4 Å². The van der Waals surface area contributed by atoms with Crippen LogP contribution in [-0.4, -0.2) is 44.0 Å². The molecule has 0 saturated carbocycles. The van der Waals surface area contributed by atoms with E-state index in [1.807, 2.05) is 24.0 Å². The molecule has 158 valence electrons. The fraction of sp³-hybridized carbons (Fsp3) is 0.571. The molecule has 1 aromatic heterocycles. The summed E-state index contributed by atoms with van der Waals surface area (Å²) in [6.07, 6.45) is 4.56. The predicted octanol–water partition coefficient (Wildman–Crippen LogP) is 3.58. The van der Waals surface area contributed by atoms with Gasteiger partial charge in [-0.15, -0.1) is 10.2 Å². The number of thioether (sulfide) groups is 1. The molecule has 1 aliphatic rings. The molecule has 0 spiro atoms. The molecule has 0 radical (unpaired) electrons. The van der Waals surface area contributed by atoms with Crippen molar-refractivity contribution >= 4 is 17.7 Å². The van der Waals surface area contributed by atoms with Gasteiger partial charge in [0, 0.05) is 13.1 Å². The molecule has 1 aliphatic heterocycles. The molecule has 2 heterocycles. The largest absolute Gasteiger partial charge is 0.486 e. The zero-order valence-corrected chi connectivity index (χ0v) is 18.3. The van der Waals surface area contributed by atoms with E-state index in [4.69, 9.17) is 10.6 Å². The summed E-state index contributed by atoms with van der Waals surface area (Å²) >= 11 is 1.34. The number of benzene rings is 1. The van der Waals surface area contributed by atoms with Gasteiger partial charge >= 0.3 is 0 Å². The number of ether oxygens (including phenoxy) is 1. The Kier molecular flexibility index (Phi) is 7.41. The predicted molar refractivity (Wildman–Crippen MR) is 115 cm³/mol. The molecule has 1 aromatic carbocycles. The maximum absolute atomic E-state index is 12.7. The Morgan fingerprint density at radius 1 is 1.10 bits per heavy atom. The molecule has 1 saturated heterocycles. The smallest absolute Gasteiger partial charge is 0.235 e. The second kappa shape index (κ2) is 10.0. The minimum absolute atomic E-state index is 0.142. The zero-order valence-electron chi connectivity index (χ0n) is 17.5. The van der Waals surface area contributed by atoms with Crippen molar-refractivity contribution in [2.24, 2.45) is 0 Å². The highest BCUT2D eigenvalue weighted by Gasteiger charge is 2.24. The van der Waals surface area contributed by atoms with Crippen LogP contribution in [0.5, 0.6) is 5.75 Å². The van der Waals surface area contributed by atoms with Crippen molar-refractivity contribution in [2.45, 2.75) is 69.4 Å². The van der Waals surface area contributed by atoms with Crippen LogP contribution in [0.3, 0.4) is 0 Å². The molecule has 2 N–H and O–H groups in total. The number of hydrogen-bond acceptors (Lipinski definition) is 6. The lowest BCUT2D eigenvalue weighted by Gasteiger charge is -2.23. The van der Waals surface area contributed by atoms with Gasteiger partial charge in [0.2, 0.25) is 11.1 Å². The molecule has 0 bridgehead atoms. The molecule has 8 heteroatoms. The van der Waals surface area contributed by atoms with E-state index in [9.17, 15) is 4.79 Å². The number of nitrogens with zero attached hydrogens (tertiary/aromatic N) is 4. The molecule has 2 aromatic rings. The highest BCUT2D eigenvalue weighted by molar-refractivity contribution is 8.00. The van der Waals surface area contributed by atoms with Crippen molar-refractivity contribution in [1.82, 2.24) is 19.8 Å². The Morgan fingerprint density at radius 2 is 1.76 bits per heavy atom. The van der Waals surface area contributed by atoms with Gasteiger partial charge in [-0.3, -0.25) is 4.79 Å². The van der Waals surface area contributed by atoms with Gasteiger partial charge in [0.25, 0.3) is 0 Å². The normalized spacial score (nSPS) is 15.9. The fourth-order valence-corrected chi connectivity index (χ4v) is 4.21. The first-order valence-electron chi connectivity index (χ1n) is 10.3. The second-order valence-electron chi connectivity index (χ2n) is 7.78. The van der Waals surface area contributed by atoms with Gasteiger partial charge in [-0.1, -0.05) is 50.6 Å². The standard InChI is InChI=1S/C21H31N5O2S/c1-15(2)17-8-10-18(11-9-17)28-14-19-23-24-21(26(19)22)29-16(3)20(27)25-12-6-4-5-7-13-25/h8-11,15-16H,4-7,12-14,22H2,1-3H3/t16-/m0/s1. The van der Waals surface area contributed by atoms with E-state index in [-0.39, 0.29) is 17.8 Å². The number of nitrogens with two attached hydrogens (primary N) is 1. The molecule has 1 atom stereocenters. The summed E-state index contributed by atoms with van der Waals surface area (Å²) in [5, 5.41) is 8.56. The number of nitrogen functional groups attached to an aromatic ring is 1. The van der Waals surface area contributed by atoms with Gasteiger partial charge < -0.3 is 15.5 Å². The molecule has 29 heavy (non-hydrogen) atoms. The lowest BCUT2D eigenvalue weighted by atomic mass is 10.0. The third-order valence-corrected chi connectivity index (χ3v) is 6.24. The third kappa shape index (κ3) is 5.65. The summed E-state index contributed by atoms with van der Waals surface area (Å²) in [4.78, 5) is 14.7. The average molecular weight is 418 g/mol. The lowest BCUT2D eigenvalue weighted by molar-refractivity contribution is -0.130. The summed E-state index contributed by atoms with van der Waals surface area (Å²) in [6.45, 7) is 8.12. The van der Waals surface area contributed by atoms with Crippen LogP contribution in [0.1, 0.15) is 63.8 Å². The van der Waals surface area contributed by atoms with Crippen molar-refractivity contribution < 1.29 is 9.53 Å². The van der Waals surface area contributed by atoms with Gasteiger partial charge in [-0.2, -0.15) is 0 Å². The van der Waals surface area contributed by atoms with Crippen LogP contribution >= 0.6 is 11.8 Å². The zero-order chi connectivity index (χ0) is 20.8. The molecular formula is C21H31N5O2S. The summed E-state index contributed by atoms with van der Waals surface area (Å²) in [5.41, 5.74) is 1.26. The number of rotatable bonds is 7. The average Bonchev–Trinajstić information content (AvgIpc) is 2.90. The van der Waals surface area contributed by atoms with Crippen molar-refractivity contribution in [3.8, 4) is 5.75 Å². The molecule has 3 rings (SSSR count). The van der Waals surface area contributed by atoms with Crippen molar-refractivity contribution in [3.63, 3.8) is 0 Å². The fourth-order valence-electron chi connectivity index (χ4n) is 3.34. The SMILES string of the molecule is CC(C)c1ccc(OCc2nnc(S[C@@H](C)C(=O)N3CCCCCC3)n2N)cc1. The van der Waals surface area contributed by atoms with Crippen molar-refractivity contribution in [1.29, 1.82) is 0 Å². The third-order valence-electron chi connectivity index (χ3n) is 5.20. The van der Waals surface area contributed by atoms with Crippen LogP contribution in [0.2, 0.25) is 0 Å².